The molecule has 1 heterocycles. The first kappa shape index (κ1) is 11.2. The molecule has 0 radical (unpaired) electrons. The molecule has 4 nitrogen and oxygen atoms in total. The van der Waals surface area contributed by atoms with Crippen molar-refractivity contribution in [2.75, 3.05) is 5.08 Å². The van der Waals surface area contributed by atoms with E-state index in [0.29, 0.717) is 5.08 Å². The molecule has 0 bridgehead atoms. The van der Waals surface area contributed by atoms with Gasteiger partial charge in [-0.2, -0.15) is 4.09 Å². The summed E-state index contributed by atoms with van der Waals surface area (Å²) in [7, 11) is 0. The average Bonchev–Trinajstić information content (AvgIpc) is 2.83. The lowest BCUT2D eigenvalue weighted by atomic mass is 10.2. The lowest BCUT2D eigenvalue weighted by molar-refractivity contribution is 0.108. The van der Waals surface area contributed by atoms with E-state index in [-0.39, 0.29) is 5.12 Å². The monoisotopic (exact) mass is 251 g/mol. The molecule has 0 aliphatic rings. The van der Waals surface area contributed by atoms with Gasteiger partial charge in [0.05, 0.1) is 17.5 Å². The molecule has 16 heavy (non-hydrogen) atoms. The van der Waals surface area contributed by atoms with Crippen molar-refractivity contribution in [1.29, 1.82) is 0 Å². The van der Waals surface area contributed by atoms with E-state index < -0.39 is 0 Å². The topological polar surface area (TPSA) is 47.8 Å². The van der Waals surface area contributed by atoms with Gasteiger partial charge in [0.25, 0.3) is 0 Å². The second kappa shape index (κ2) is 5.72. The van der Waals surface area contributed by atoms with Gasteiger partial charge in [0, 0.05) is 5.56 Å². The van der Waals surface area contributed by atoms with E-state index in [1.54, 1.807) is 16.5 Å². The van der Waals surface area contributed by atoms with Gasteiger partial charge in [-0.25, -0.2) is 0 Å². The molecule has 2 rings (SSSR count). The predicted molar refractivity (Wildman–Crippen MR) is 66.2 cm³/mol. The maximum atomic E-state index is 11.7. The smallest absolute Gasteiger partial charge is 0.220 e. The van der Waals surface area contributed by atoms with E-state index in [9.17, 15) is 4.79 Å². The molecule has 0 aliphatic heterocycles. The molecule has 0 unspecified atom stereocenters. The minimum Gasteiger partial charge on any atom is -0.282 e. The summed E-state index contributed by atoms with van der Waals surface area (Å²) < 4.78 is 1.63. The van der Waals surface area contributed by atoms with Gasteiger partial charge in [-0.1, -0.05) is 47.3 Å². The van der Waals surface area contributed by atoms with Crippen LogP contribution in [0.4, 0.5) is 0 Å². The highest BCUT2D eigenvalue weighted by atomic mass is 32.2. The van der Waals surface area contributed by atoms with Gasteiger partial charge in [0.15, 0.2) is 0 Å². The summed E-state index contributed by atoms with van der Waals surface area (Å²) in [5.74, 6) is 0. The van der Waals surface area contributed by atoms with Crippen molar-refractivity contribution in [2.45, 2.75) is 0 Å². The van der Waals surface area contributed by atoms with Gasteiger partial charge < -0.3 is 0 Å². The molecule has 1 aromatic carbocycles. The maximum absolute atomic E-state index is 11.7. The Morgan fingerprint density at radius 3 is 2.81 bits per heavy atom. The van der Waals surface area contributed by atoms with E-state index in [2.05, 4.69) is 10.3 Å². The molecule has 6 heteroatoms. The number of carbonyl (C=O) groups is 1. The summed E-state index contributed by atoms with van der Waals surface area (Å²) >= 11 is 2.70. The third kappa shape index (κ3) is 3.11. The zero-order chi connectivity index (χ0) is 11.2. The van der Waals surface area contributed by atoms with Gasteiger partial charge in [0.2, 0.25) is 5.12 Å². The first-order chi connectivity index (χ1) is 7.86. The Balaban J connectivity index is 1.81. The molecule has 1 aromatic heterocycles. The van der Waals surface area contributed by atoms with E-state index in [1.165, 1.54) is 23.7 Å². The molecular weight excluding hydrogens is 242 g/mol. The zero-order valence-electron chi connectivity index (χ0n) is 8.31. The molecule has 2 aromatic rings. The largest absolute Gasteiger partial charge is 0.282 e. The van der Waals surface area contributed by atoms with E-state index in [0.717, 1.165) is 5.56 Å². The summed E-state index contributed by atoms with van der Waals surface area (Å²) in [5, 5.41) is 8.17. The van der Waals surface area contributed by atoms with Gasteiger partial charge >= 0.3 is 0 Å². The minimum atomic E-state index is 0.0771. The van der Waals surface area contributed by atoms with Crippen LogP contribution in [-0.4, -0.2) is 24.6 Å². The Labute approximate surface area is 102 Å². The number of benzene rings is 1. The van der Waals surface area contributed by atoms with Gasteiger partial charge in [-0.05, 0) is 11.9 Å². The molecule has 0 amide bonds. The standard InChI is InChI=1S/C10H9N3OS2/c14-10(9-4-2-1-3-5-9)15-8-16-13-7-6-11-12-13/h1-7H,8H2. The quantitative estimate of drug-likeness (QED) is 0.780. The Kier molecular flexibility index (Phi) is 4.01. The zero-order valence-corrected chi connectivity index (χ0v) is 9.95. The summed E-state index contributed by atoms with van der Waals surface area (Å²) in [5.41, 5.74) is 0.728. The van der Waals surface area contributed by atoms with Crippen LogP contribution >= 0.6 is 23.7 Å². The van der Waals surface area contributed by atoms with E-state index in [1.807, 2.05) is 30.3 Å². The average molecular weight is 251 g/mol. The number of rotatable bonds is 4. The normalized spacial score (nSPS) is 10.2. The van der Waals surface area contributed by atoms with Crippen molar-refractivity contribution in [3.8, 4) is 0 Å². The van der Waals surface area contributed by atoms with Gasteiger partial charge in [0.1, 0.15) is 0 Å². The van der Waals surface area contributed by atoms with Crippen molar-refractivity contribution in [3.63, 3.8) is 0 Å². The number of aromatic nitrogens is 3. The molecule has 0 aliphatic carbocycles. The second-order valence-electron chi connectivity index (χ2n) is 2.85. The summed E-state index contributed by atoms with van der Waals surface area (Å²) in [6.45, 7) is 0. The Hall–Kier alpha value is -1.27. The van der Waals surface area contributed by atoms with Crippen LogP contribution in [0.2, 0.25) is 0 Å². The molecule has 0 saturated carbocycles. The lowest BCUT2D eigenvalue weighted by Gasteiger charge is -1.99. The lowest BCUT2D eigenvalue weighted by Crippen LogP contribution is -1.95. The molecule has 82 valence electrons. The molecule has 0 spiro atoms. The third-order valence-electron chi connectivity index (χ3n) is 1.79. The van der Waals surface area contributed by atoms with Crippen LogP contribution in [-0.2, 0) is 0 Å². The van der Waals surface area contributed by atoms with Crippen LogP contribution in [0.3, 0.4) is 0 Å². The molecule has 0 saturated heterocycles. The third-order valence-corrected chi connectivity index (χ3v) is 3.64. The fourth-order valence-electron chi connectivity index (χ4n) is 1.06. The van der Waals surface area contributed by atoms with Crippen molar-refractivity contribution in [1.82, 2.24) is 14.4 Å². The number of hydrogen-bond donors (Lipinski definition) is 0. The summed E-state index contributed by atoms with van der Waals surface area (Å²) in [6, 6.07) is 9.24. The van der Waals surface area contributed by atoms with E-state index >= 15 is 0 Å². The number of carbonyl (C=O) groups excluding carboxylic acids is 1. The number of thioether (sulfide) groups is 1. The highest BCUT2D eigenvalue weighted by molar-refractivity contribution is 8.23. The van der Waals surface area contributed by atoms with Crippen LogP contribution in [0.15, 0.2) is 42.7 Å². The molecule has 0 N–H and O–H groups in total. The second-order valence-corrected chi connectivity index (χ2v) is 5.08. The van der Waals surface area contributed by atoms with Crippen molar-refractivity contribution < 1.29 is 4.79 Å². The van der Waals surface area contributed by atoms with Crippen LogP contribution in [0.5, 0.6) is 0 Å². The van der Waals surface area contributed by atoms with E-state index in [4.69, 9.17) is 0 Å². The molecule has 0 atom stereocenters. The van der Waals surface area contributed by atoms with Crippen LogP contribution in [0, 0.1) is 0 Å². The fraction of sp³-hybridized carbons (Fsp3) is 0.100. The fourth-order valence-corrected chi connectivity index (χ4v) is 2.67. The SMILES string of the molecule is O=C(SCSn1ccnn1)c1ccccc1. The Bertz CT molecular complexity index is 444. The number of hydrogen-bond acceptors (Lipinski definition) is 5. The molecule has 0 fully saturated rings. The Morgan fingerprint density at radius 1 is 1.31 bits per heavy atom. The first-order valence-electron chi connectivity index (χ1n) is 4.58. The van der Waals surface area contributed by atoms with Gasteiger partial charge in [-0.15, -0.1) is 5.10 Å². The number of nitrogens with zero attached hydrogens (tertiary/aromatic N) is 3. The first-order valence-corrected chi connectivity index (χ1v) is 6.51. The minimum absolute atomic E-state index is 0.0771. The Morgan fingerprint density at radius 2 is 2.12 bits per heavy atom. The van der Waals surface area contributed by atoms with Crippen molar-refractivity contribution >= 4 is 28.8 Å². The highest BCUT2D eigenvalue weighted by Crippen LogP contribution is 2.17. The highest BCUT2D eigenvalue weighted by Gasteiger charge is 2.05. The van der Waals surface area contributed by atoms with Crippen molar-refractivity contribution in [3.05, 3.63) is 48.3 Å². The van der Waals surface area contributed by atoms with Gasteiger partial charge in [-0.3, -0.25) is 4.79 Å². The van der Waals surface area contributed by atoms with Crippen LogP contribution < -0.4 is 0 Å². The van der Waals surface area contributed by atoms with Crippen molar-refractivity contribution in [2.24, 2.45) is 0 Å². The summed E-state index contributed by atoms with van der Waals surface area (Å²) in [6.07, 6.45) is 3.36. The molecular formula is C10H9N3OS2. The van der Waals surface area contributed by atoms with Crippen LogP contribution in [0.25, 0.3) is 0 Å². The maximum Gasteiger partial charge on any atom is 0.220 e. The summed E-state index contributed by atoms with van der Waals surface area (Å²) in [4.78, 5) is 11.7. The van der Waals surface area contributed by atoms with Crippen LogP contribution in [0.1, 0.15) is 10.4 Å². The predicted octanol–water partition coefficient (Wildman–Crippen LogP) is 2.31.